The van der Waals surface area contributed by atoms with E-state index in [4.69, 9.17) is 4.74 Å². The minimum Gasteiger partial charge on any atom is -0.492 e. The van der Waals surface area contributed by atoms with E-state index in [0.29, 0.717) is 13.2 Å². The van der Waals surface area contributed by atoms with Crippen LogP contribution in [0.3, 0.4) is 0 Å². The van der Waals surface area contributed by atoms with E-state index in [9.17, 15) is 0 Å². The Kier molecular flexibility index (Phi) is 6.30. The van der Waals surface area contributed by atoms with Gasteiger partial charge >= 0.3 is 0 Å². The third kappa shape index (κ3) is 5.48. The minimum absolute atomic E-state index is 0.592. The molecule has 0 unspecified atom stereocenters. The van der Waals surface area contributed by atoms with Crippen LogP contribution < -0.4 is 15.4 Å². The van der Waals surface area contributed by atoms with Crippen LogP contribution in [-0.4, -0.2) is 26.2 Å². The highest BCUT2D eigenvalue weighted by atomic mass is 16.5. The third-order valence-electron chi connectivity index (χ3n) is 3.21. The zero-order valence-electron chi connectivity index (χ0n) is 13.2. The van der Waals surface area contributed by atoms with E-state index >= 15 is 0 Å². The molecule has 0 bridgehead atoms. The van der Waals surface area contributed by atoms with E-state index in [1.54, 1.807) is 7.05 Å². The zero-order chi connectivity index (χ0) is 15.6. The van der Waals surface area contributed by atoms with Crippen molar-refractivity contribution in [3.63, 3.8) is 0 Å². The summed E-state index contributed by atoms with van der Waals surface area (Å²) in [5, 5.41) is 6.51. The largest absolute Gasteiger partial charge is 0.492 e. The second-order valence-corrected chi connectivity index (χ2v) is 5.00. The van der Waals surface area contributed by atoms with Gasteiger partial charge in [0.2, 0.25) is 0 Å². The van der Waals surface area contributed by atoms with Crippen molar-refractivity contribution in [2.75, 3.05) is 20.2 Å². The monoisotopic (exact) mass is 297 g/mol. The van der Waals surface area contributed by atoms with Crippen LogP contribution in [0, 0.1) is 6.92 Å². The van der Waals surface area contributed by atoms with Gasteiger partial charge in [-0.25, -0.2) is 0 Å². The summed E-state index contributed by atoms with van der Waals surface area (Å²) in [6.07, 6.45) is 0. The molecule has 2 rings (SSSR count). The average Bonchev–Trinajstić information content (AvgIpc) is 2.57. The molecule has 0 aliphatic carbocycles. The van der Waals surface area contributed by atoms with Crippen LogP contribution in [0.4, 0.5) is 0 Å². The molecule has 0 amide bonds. The molecule has 4 heteroatoms. The number of aryl methyl sites for hydroxylation is 1. The maximum Gasteiger partial charge on any atom is 0.191 e. The summed E-state index contributed by atoms with van der Waals surface area (Å²) in [6.45, 7) is 4.10. The fourth-order valence-electron chi connectivity index (χ4n) is 1.98. The Morgan fingerprint density at radius 3 is 2.41 bits per heavy atom. The molecule has 0 atom stereocenters. The zero-order valence-corrected chi connectivity index (χ0v) is 13.2. The van der Waals surface area contributed by atoms with Crippen molar-refractivity contribution in [1.82, 2.24) is 10.6 Å². The summed E-state index contributed by atoms with van der Waals surface area (Å²) < 4.78 is 5.67. The molecule has 0 saturated carbocycles. The van der Waals surface area contributed by atoms with Crippen molar-refractivity contribution in [3.8, 4) is 5.75 Å². The number of hydrogen-bond donors (Lipinski definition) is 2. The molecule has 2 aromatic carbocycles. The summed E-state index contributed by atoms with van der Waals surface area (Å²) in [7, 11) is 1.77. The predicted octanol–water partition coefficient (Wildman–Crippen LogP) is 2.74. The van der Waals surface area contributed by atoms with E-state index in [0.717, 1.165) is 18.3 Å². The number of nitrogens with one attached hydrogen (secondary N) is 2. The Morgan fingerprint density at radius 2 is 1.73 bits per heavy atom. The highest BCUT2D eigenvalue weighted by Gasteiger charge is 1.98. The lowest BCUT2D eigenvalue weighted by molar-refractivity contribution is 0.322. The lowest BCUT2D eigenvalue weighted by atomic mass is 10.2. The van der Waals surface area contributed by atoms with Gasteiger partial charge in [-0.15, -0.1) is 0 Å². The maximum absolute atomic E-state index is 5.67. The molecule has 22 heavy (non-hydrogen) atoms. The molecule has 0 aliphatic heterocycles. The first-order valence-electron chi connectivity index (χ1n) is 7.46. The van der Waals surface area contributed by atoms with Crippen LogP contribution in [0.15, 0.2) is 59.6 Å². The number of hydrogen-bond acceptors (Lipinski definition) is 2. The summed E-state index contributed by atoms with van der Waals surface area (Å²) in [5.74, 6) is 1.66. The number of nitrogens with zero attached hydrogens (tertiary/aromatic N) is 1. The van der Waals surface area contributed by atoms with Crippen molar-refractivity contribution < 1.29 is 4.74 Å². The maximum atomic E-state index is 5.67. The normalized spacial score (nSPS) is 11.1. The molecular weight excluding hydrogens is 274 g/mol. The van der Waals surface area contributed by atoms with Gasteiger partial charge in [0.15, 0.2) is 5.96 Å². The molecule has 2 N–H and O–H groups in total. The van der Waals surface area contributed by atoms with E-state index < -0.39 is 0 Å². The van der Waals surface area contributed by atoms with Gasteiger partial charge in [-0.05, 0) is 24.6 Å². The number of rotatable bonds is 6. The van der Waals surface area contributed by atoms with E-state index in [2.05, 4.69) is 34.7 Å². The molecule has 0 saturated heterocycles. The third-order valence-corrected chi connectivity index (χ3v) is 3.21. The van der Waals surface area contributed by atoms with Crippen LogP contribution in [0.25, 0.3) is 0 Å². The van der Waals surface area contributed by atoms with Crippen molar-refractivity contribution in [1.29, 1.82) is 0 Å². The molecule has 0 radical (unpaired) electrons. The van der Waals surface area contributed by atoms with Gasteiger partial charge in [0.1, 0.15) is 12.4 Å². The Bertz CT molecular complexity index is 579. The first kappa shape index (κ1) is 15.9. The second-order valence-electron chi connectivity index (χ2n) is 5.00. The standard InChI is InChI=1S/C18H23N3O/c1-15-8-10-17(11-9-15)22-13-12-20-18(19-2)21-14-16-6-4-3-5-7-16/h3-11H,12-14H2,1-2H3,(H2,19,20,21). The molecular formula is C18H23N3O. The van der Waals surface area contributed by atoms with E-state index in [-0.39, 0.29) is 0 Å². The van der Waals surface area contributed by atoms with Gasteiger partial charge < -0.3 is 15.4 Å². The van der Waals surface area contributed by atoms with Crippen molar-refractivity contribution in [2.24, 2.45) is 4.99 Å². The molecule has 0 aliphatic rings. The Labute approximate surface area is 132 Å². The fourth-order valence-corrected chi connectivity index (χ4v) is 1.98. The average molecular weight is 297 g/mol. The number of guanidine groups is 1. The van der Waals surface area contributed by atoms with Gasteiger partial charge in [-0.3, -0.25) is 4.99 Å². The smallest absolute Gasteiger partial charge is 0.191 e. The van der Waals surface area contributed by atoms with Crippen LogP contribution in [0.1, 0.15) is 11.1 Å². The van der Waals surface area contributed by atoms with Gasteiger partial charge in [-0.1, -0.05) is 48.0 Å². The molecule has 0 heterocycles. The molecule has 2 aromatic rings. The highest BCUT2D eigenvalue weighted by Crippen LogP contribution is 2.10. The van der Waals surface area contributed by atoms with Crippen molar-refractivity contribution in [3.05, 3.63) is 65.7 Å². The van der Waals surface area contributed by atoms with Crippen LogP contribution in [0.2, 0.25) is 0 Å². The Balaban J connectivity index is 1.67. The lowest BCUT2D eigenvalue weighted by Gasteiger charge is -2.12. The lowest BCUT2D eigenvalue weighted by Crippen LogP contribution is -2.38. The molecule has 116 valence electrons. The number of aliphatic imine (C=N–C) groups is 1. The Morgan fingerprint density at radius 1 is 1.00 bits per heavy atom. The predicted molar refractivity (Wildman–Crippen MR) is 91.3 cm³/mol. The van der Waals surface area contributed by atoms with Crippen LogP contribution >= 0.6 is 0 Å². The van der Waals surface area contributed by atoms with Gasteiger partial charge in [0.05, 0.1) is 6.54 Å². The topological polar surface area (TPSA) is 45.7 Å². The van der Waals surface area contributed by atoms with Crippen molar-refractivity contribution >= 4 is 5.96 Å². The van der Waals surface area contributed by atoms with Gasteiger partial charge in [-0.2, -0.15) is 0 Å². The summed E-state index contributed by atoms with van der Waals surface area (Å²) in [5.41, 5.74) is 2.46. The second kappa shape index (κ2) is 8.72. The van der Waals surface area contributed by atoms with E-state index in [1.165, 1.54) is 11.1 Å². The van der Waals surface area contributed by atoms with Gasteiger partial charge in [0.25, 0.3) is 0 Å². The molecule has 0 spiro atoms. The molecule has 0 aromatic heterocycles. The molecule has 0 fully saturated rings. The van der Waals surface area contributed by atoms with Crippen LogP contribution in [0.5, 0.6) is 5.75 Å². The van der Waals surface area contributed by atoms with Crippen molar-refractivity contribution in [2.45, 2.75) is 13.5 Å². The quantitative estimate of drug-likeness (QED) is 0.489. The fraction of sp³-hybridized carbons (Fsp3) is 0.278. The minimum atomic E-state index is 0.592. The first-order chi connectivity index (χ1) is 10.8. The number of benzene rings is 2. The van der Waals surface area contributed by atoms with Crippen LogP contribution in [-0.2, 0) is 6.54 Å². The number of ether oxygens (including phenoxy) is 1. The summed E-state index contributed by atoms with van der Waals surface area (Å²) >= 11 is 0. The molecule has 4 nitrogen and oxygen atoms in total. The summed E-state index contributed by atoms with van der Waals surface area (Å²) in [4.78, 5) is 4.20. The van der Waals surface area contributed by atoms with Gasteiger partial charge in [0, 0.05) is 13.6 Å². The summed E-state index contributed by atoms with van der Waals surface area (Å²) in [6, 6.07) is 18.3. The first-order valence-corrected chi connectivity index (χ1v) is 7.46. The van der Waals surface area contributed by atoms with E-state index in [1.807, 2.05) is 42.5 Å². The SMILES string of the molecule is CN=C(NCCOc1ccc(C)cc1)NCc1ccccc1. The Hall–Kier alpha value is -2.49. The highest BCUT2D eigenvalue weighted by molar-refractivity contribution is 5.79.